The van der Waals surface area contributed by atoms with Crippen LogP contribution in [0.2, 0.25) is 0 Å². The lowest BCUT2D eigenvalue weighted by atomic mass is 9.95. The number of esters is 1. The van der Waals surface area contributed by atoms with Crippen molar-refractivity contribution in [1.82, 2.24) is 14.7 Å². The number of amides is 3. The molecule has 1 rings (SSSR count). The molecular weight excluding hydrogens is 262 g/mol. The third-order valence-corrected chi connectivity index (χ3v) is 3.47. The van der Waals surface area contributed by atoms with Crippen molar-refractivity contribution in [3.8, 4) is 0 Å². The van der Waals surface area contributed by atoms with Gasteiger partial charge in [0.1, 0.15) is 6.54 Å². The van der Waals surface area contributed by atoms with E-state index in [1.807, 2.05) is 0 Å². The van der Waals surface area contributed by atoms with E-state index < -0.39 is 5.97 Å². The first-order valence-corrected chi connectivity index (χ1v) is 6.64. The van der Waals surface area contributed by atoms with Gasteiger partial charge in [-0.15, -0.1) is 0 Å². The summed E-state index contributed by atoms with van der Waals surface area (Å²) in [5.74, 6) is -0.621. The molecule has 0 radical (unpaired) electrons. The number of likely N-dealkylation sites (tertiary alicyclic amines) is 1. The summed E-state index contributed by atoms with van der Waals surface area (Å²) in [7, 11) is 6.32. The number of nitrogens with zero attached hydrogens (tertiary/aromatic N) is 3. The fourth-order valence-corrected chi connectivity index (χ4v) is 2.25. The number of piperidine rings is 1. The number of carbonyl (C=O) groups is 3. The maximum atomic E-state index is 12.2. The van der Waals surface area contributed by atoms with Crippen molar-refractivity contribution in [2.24, 2.45) is 5.92 Å². The molecule has 1 aliphatic rings. The van der Waals surface area contributed by atoms with Gasteiger partial charge in [-0.1, -0.05) is 0 Å². The van der Waals surface area contributed by atoms with Crippen LogP contribution in [-0.2, 0) is 14.3 Å². The molecule has 1 heterocycles. The minimum atomic E-state index is -0.430. The molecule has 0 spiro atoms. The third kappa shape index (κ3) is 4.11. The summed E-state index contributed by atoms with van der Waals surface area (Å²) in [6.07, 6.45) is 1.26. The molecule has 0 aromatic rings. The third-order valence-electron chi connectivity index (χ3n) is 3.47. The van der Waals surface area contributed by atoms with Gasteiger partial charge in [-0.3, -0.25) is 9.59 Å². The number of methoxy groups -OCH3 is 1. The van der Waals surface area contributed by atoms with Gasteiger partial charge in [0, 0.05) is 40.2 Å². The second-order valence-electron chi connectivity index (χ2n) is 5.21. The molecule has 7 nitrogen and oxygen atoms in total. The summed E-state index contributed by atoms with van der Waals surface area (Å²) in [5.41, 5.74) is 0. The number of rotatable bonds is 3. The van der Waals surface area contributed by atoms with Crippen molar-refractivity contribution in [2.75, 3.05) is 47.9 Å². The molecule has 20 heavy (non-hydrogen) atoms. The standard InChI is InChI=1S/C13H23N3O4/c1-14(2)13(19)16-7-5-10(6-8-16)12(18)15(3)9-11(17)20-4/h10H,5-9H2,1-4H3. The highest BCUT2D eigenvalue weighted by Crippen LogP contribution is 2.19. The van der Waals surface area contributed by atoms with E-state index in [-0.39, 0.29) is 24.4 Å². The monoisotopic (exact) mass is 285 g/mol. The predicted octanol–water partition coefficient (Wildman–Crippen LogP) is 0.0114. The average Bonchev–Trinajstić information content (AvgIpc) is 2.45. The Hall–Kier alpha value is -1.79. The molecule has 0 saturated carbocycles. The number of hydrogen-bond donors (Lipinski definition) is 0. The molecule has 7 heteroatoms. The maximum Gasteiger partial charge on any atom is 0.325 e. The Morgan fingerprint density at radius 3 is 2.15 bits per heavy atom. The molecule has 1 aliphatic heterocycles. The molecule has 0 aromatic carbocycles. The van der Waals surface area contributed by atoms with Gasteiger partial charge in [0.25, 0.3) is 0 Å². The molecule has 0 N–H and O–H groups in total. The second kappa shape index (κ2) is 7.12. The SMILES string of the molecule is COC(=O)CN(C)C(=O)C1CCN(C(=O)N(C)C)CC1. The summed E-state index contributed by atoms with van der Waals surface area (Å²) < 4.78 is 4.54. The van der Waals surface area contributed by atoms with E-state index in [1.165, 1.54) is 16.9 Å². The van der Waals surface area contributed by atoms with Crippen molar-refractivity contribution >= 4 is 17.9 Å². The first-order chi connectivity index (χ1) is 9.36. The predicted molar refractivity (Wildman–Crippen MR) is 73.0 cm³/mol. The normalized spacial score (nSPS) is 15.7. The molecule has 0 bridgehead atoms. The number of hydrogen-bond acceptors (Lipinski definition) is 4. The van der Waals surface area contributed by atoms with E-state index >= 15 is 0 Å². The molecule has 0 atom stereocenters. The van der Waals surface area contributed by atoms with Gasteiger partial charge in [0.05, 0.1) is 7.11 Å². The van der Waals surface area contributed by atoms with E-state index in [2.05, 4.69) is 4.74 Å². The van der Waals surface area contributed by atoms with Crippen LogP contribution in [0.15, 0.2) is 0 Å². The fourth-order valence-electron chi connectivity index (χ4n) is 2.25. The van der Waals surface area contributed by atoms with E-state index in [1.54, 1.807) is 26.0 Å². The molecule has 114 valence electrons. The van der Waals surface area contributed by atoms with Crippen molar-refractivity contribution in [1.29, 1.82) is 0 Å². The lowest BCUT2D eigenvalue weighted by Crippen LogP contribution is -2.47. The Morgan fingerprint density at radius 2 is 1.70 bits per heavy atom. The van der Waals surface area contributed by atoms with Gasteiger partial charge in [-0.2, -0.15) is 0 Å². The Bertz CT molecular complexity index is 376. The van der Waals surface area contributed by atoms with Crippen LogP contribution < -0.4 is 0 Å². The summed E-state index contributed by atoms with van der Waals surface area (Å²) in [6, 6.07) is -0.0289. The van der Waals surface area contributed by atoms with Crippen LogP contribution in [0.25, 0.3) is 0 Å². The number of urea groups is 1. The van der Waals surface area contributed by atoms with Crippen LogP contribution >= 0.6 is 0 Å². The molecular formula is C13H23N3O4. The zero-order valence-corrected chi connectivity index (χ0v) is 12.6. The van der Waals surface area contributed by atoms with Gasteiger partial charge in [0.2, 0.25) is 5.91 Å². The van der Waals surface area contributed by atoms with Gasteiger partial charge in [0.15, 0.2) is 0 Å². The van der Waals surface area contributed by atoms with Crippen LogP contribution in [0.4, 0.5) is 4.79 Å². The largest absolute Gasteiger partial charge is 0.468 e. The lowest BCUT2D eigenvalue weighted by molar-refractivity contribution is -0.148. The summed E-state index contributed by atoms with van der Waals surface area (Å²) >= 11 is 0. The Kier molecular flexibility index (Phi) is 5.79. The average molecular weight is 285 g/mol. The first kappa shape index (κ1) is 16.3. The number of likely N-dealkylation sites (N-methyl/N-ethyl adjacent to an activating group) is 1. The molecule has 0 aromatic heterocycles. The van der Waals surface area contributed by atoms with Crippen LogP contribution in [0.1, 0.15) is 12.8 Å². The minimum absolute atomic E-state index is 0.0289. The van der Waals surface area contributed by atoms with Gasteiger partial charge in [-0.25, -0.2) is 4.79 Å². The van der Waals surface area contributed by atoms with Crippen LogP contribution in [0.3, 0.4) is 0 Å². The van der Waals surface area contributed by atoms with E-state index in [9.17, 15) is 14.4 Å². The molecule has 0 unspecified atom stereocenters. The Morgan fingerprint density at radius 1 is 1.15 bits per heavy atom. The van der Waals surface area contributed by atoms with Crippen molar-refractivity contribution in [2.45, 2.75) is 12.8 Å². The van der Waals surface area contributed by atoms with Crippen molar-refractivity contribution < 1.29 is 19.1 Å². The van der Waals surface area contributed by atoms with Gasteiger partial charge >= 0.3 is 12.0 Å². The summed E-state index contributed by atoms with van der Waals surface area (Å²) in [4.78, 5) is 39.8. The van der Waals surface area contributed by atoms with Crippen LogP contribution in [0.5, 0.6) is 0 Å². The zero-order valence-electron chi connectivity index (χ0n) is 12.6. The number of ether oxygens (including phenoxy) is 1. The quantitative estimate of drug-likeness (QED) is 0.685. The van der Waals surface area contributed by atoms with Crippen LogP contribution in [0, 0.1) is 5.92 Å². The van der Waals surface area contributed by atoms with Gasteiger partial charge in [-0.05, 0) is 12.8 Å². The zero-order chi connectivity index (χ0) is 15.3. The Labute approximate surface area is 119 Å². The van der Waals surface area contributed by atoms with Crippen molar-refractivity contribution in [3.05, 3.63) is 0 Å². The van der Waals surface area contributed by atoms with Crippen LogP contribution in [-0.4, -0.2) is 80.5 Å². The smallest absolute Gasteiger partial charge is 0.325 e. The lowest BCUT2D eigenvalue weighted by Gasteiger charge is -2.34. The first-order valence-electron chi connectivity index (χ1n) is 6.64. The highest BCUT2D eigenvalue weighted by atomic mass is 16.5. The Balaban J connectivity index is 2.46. The molecule has 0 aliphatic carbocycles. The maximum absolute atomic E-state index is 12.2. The summed E-state index contributed by atoms with van der Waals surface area (Å²) in [6.45, 7) is 1.10. The van der Waals surface area contributed by atoms with Crippen molar-refractivity contribution in [3.63, 3.8) is 0 Å². The number of carbonyl (C=O) groups excluding carboxylic acids is 3. The van der Waals surface area contributed by atoms with Gasteiger partial charge < -0.3 is 19.4 Å². The molecule has 1 fully saturated rings. The topological polar surface area (TPSA) is 70.2 Å². The second-order valence-corrected chi connectivity index (χ2v) is 5.21. The summed E-state index contributed by atoms with van der Waals surface area (Å²) in [5, 5.41) is 0. The van der Waals surface area contributed by atoms with E-state index in [0.29, 0.717) is 25.9 Å². The highest BCUT2D eigenvalue weighted by molar-refractivity contribution is 5.83. The minimum Gasteiger partial charge on any atom is -0.468 e. The van der Waals surface area contributed by atoms with E-state index in [0.717, 1.165) is 0 Å². The molecule has 1 saturated heterocycles. The van der Waals surface area contributed by atoms with E-state index in [4.69, 9.17) is 0 Å². The molecule has 3 amide bonds. The highest BCUT2D eigenvalue weighted by Gasteiger charge is 2.30. The fraction of sp³-hybridized carbons (Fsp3) is 0.769.